The molecule has 0 unspecified atom stereocenters. The summed E-state index contributed by atoms with van der Waals surface area (Å²) in [6.45, 7) is 2.47. The molecule has 0 saturated carbocycles. The molecule has 0 radical (unpaired) electrons. The number of ether oxygens (including phenoxy) is 1. The molecule has 0 saturated heterocycles. The molecule has 1 aromatic carbocycles. The molecule has 3 N–H and O–H groups in total. The highest BCUT2D eigenvalue weighted by Gasteiger charge is 2.05. The standard InChI is InChI=1S/C14H18N4O3.ClH/c1-10-16-14(21-18-10)9-20-12-6-4-11(5-7-12)17-13(19)3-2-8-15;/h4-7H,2-3,8-9,15H2,1H3,(H,17,19);1H. The molecule has 0 spiro atoms. The molecule has 1 amide bonds. The summed E-state index contributed by atoms with van der Waals surface area (Å²) in [6.07, 6.45) is 1.10. The van der Waals surface area contributed by atoms with Crippen LogP contribution in [0.5, 0.6) is 5.75 Å². The fraction of sp³-hybridized carbons (Fsp3) is 0.357. The third-order valence-corrected chi connectivity index (χ3v) is 2.68. The monoisotopic (exact) mass is 326 g/mol. The first-order chi connectivity index (χ1) is 10.2. The highest BCUT2D eigenvalue weighted by atomic mass is 35.5. The number of nitrogens with one attached hydrogen (secondary N) is 1. The topological polar surface area (TPSA) is 103 Å². The van der Waals surface area contributed by atoms with Crippen LogP contribution in [0.2, 0.25) is 0 Å². The van der Waals surface area contributed by atoms with Crippen LogP contribution in [0.3, 0.4) is 0 Å². The molecule has 2 rings (SSSR count). The van der Waals surface area contributed by atoms with Gasteiger partial charge in [-0.3, -0.25) is 4.79 Å². The van der Waals surface area contributed by atoms with E-state index in [1.807, 2.05) is 0 Å². The number of carbonyl (C=O) groups is 1. The molecule has 1 aromatic heterocycles. The zero-order valence-corrected chi connectivity index (χ0v) is 13.1. The minimum atomic E-state index is -0.0459. The molecule has 0 fully saturated rings. The Labute approximate surface area is 134 Å². The van der Waals surface area contributed by atoms with Crippen molar-refractivity contribution in [2.45, 2.75) is 26.4 Å². The van der Waals surface area contributed by atoms with Crippen LogP contribution in [-0.2, 0) is 11.4 Å². The highest BCUT2D eigenvalue weighted by Crippen LogP contribution is 2.17. The minimum Gasteiger partial charge on any atom is -0.484 e. The minimum absolute atomic E-state index is 0. The van der Waals surface area contributed by atoms with Gasteiger partial charge in [0, 0.05) is 12.1 Å². The smallest absolute Gasteiger partial charge is 0.264 e. The predicted molar refractivity (Wildman–Crippen MR) is 84.0 cm³/mol. The van der Waals surface area contributed by atoms with Gasteiger partial charge < -0.3 is 20.3 Å². The Morgan fingerprint density at radius 2 is 2.09 bits per heavy atom. The Hall–Kier alpha value is -2.12. The van der Waals surface area contributed by atoms with Crippen LogP contribution in [0.1, 0.15) is 24.6 Å². The van der Waals surface area contributed by atoms with Crippen LogP contribution < -0.4 is 15.8 Å². The fourth-order valence-electron chi connectivity index (χ4n) is 1.66. The Morgan fingerprint density at radius 3 is 2.68 bits per heavy atom. The van der Waals surface area contributed by atoms with Crippen molar-refractivity contribution < 1.29 is 14.1 Å². The first-order valence-electron chi connectivity index (χ1n) is 6.69. The van der Waals surface area contributed by atoms with Gasteiger partial charge in [0.25, 0.3) is 5.89 Å². The average molecular weight is 327 g/mol. The number of benzene rings is 1. The van der Waals surface area contributed by atoms with E-state index in [1.165, 1.54) is 0 Å². The van der Waals surface area contributed by atoms with Gasteiger partial charge in [-0.1, -0.05) is 5.16 Å². The summed E-state index contributed by atoms with van der Waals surface area (Å²) in [5.74, 6) is 1.61. The molecule has 0 aliphatic heterocycles. The van der Waals surface area contributed by atoms with E-state index < -0.39 is 0 Å². The first-order valence-corrected chi connectivity index (χ1v) is 6.69. The molecule has 2 aromatic rings. The zero-order valence-electron chi connectivity index (χ0n) is 12.2. The Kier molecular flexibility index (Phi) is 7.34. The van der Waals surface area contributed by atoms with Crippen LogP contribution in [0, 0.1) is 6.92 Å². The molecule has 1 heterocycles. The van der Waals surface area contributed by atoms with E-state index in [-0.39, 0.29) is 24.9 Å². The second kappa shape index (κ2) is 9.01. The van der Waals surface area contributed by atoms with E-state index >= 15 is 0 Å². The van der Waals surface area contributed by atoms with Crippen molar-refractivity contribution >= 4 is 24.0 Å². The summed E-state index contributed by atoms with van der Waals surface area (Å²) < 4.78 is 10.5. The number of hydrogen-bond donors (Lipinski definition) is 2. The number of nitrogens with zero attached hydrogens (tertiary/aromatic N) is 2. The lowest BCUT2D eigenvalue weighted by Crippen LogP contribution is -2.13. The molecule has 0 aliphatic carbocycles. The number of nitrogens with two attached hydrogens (primary N) is 1. The lowest BCUT2D eigenvalue weighted by molar-refractivity contribution is -0.116. The van der Waals surface area contributed by atoms with Crippen LogP contribution in [-0.4, -0.2) is 22.6 Å². The fourth-order valence-corrected chi connectivity index (χ4v) is 1.66. The summed E-state index contributed by atoms with van der Waals surface area (Å²) in [5, 5.41) is 6.47. The van der Waals surface area contributed by atoms with Crippen LogP contribution in [0.25, 0.3) is 0 Å². The number of halogens is 1. The highest BCUT2D eigenvalue weighted by molar-refractivity contribution is 5.90. The molecule has 0 atom stereocenters. The number of rotatable bonds is 7. The lowest BCUT2D eigenvalue weighted by Gasteiger charge is -2.07. The summed E-state index contributed by atoms with van der Waals surface area (Å²) in [4.78, 5) is 15.6. The molecule has 0 aliphatic rings. The largest absolute Gasteiger partial charge is 0.484 e. The van der Waals surface area contributed by atoms with Crippen LogP contribution >= 0.6 is 12.4 Å². The van der Waals surface area contributed by atoms with E-state index in [0.717, 1.165) is 5.69 Å². The summed E-state index contributed by atoms with van der Waals surface area (Å²) >= 11 is 0. The molecule has 0 bridgehead atoms. The molecule has 7 nitrogen and oxygen atoms in total. The first kappa shape index (κ1) is 17.9. The van der Waals surface area contributed by atoms with Gasteiger partial charge in [0.05, 0.1) is 0 Å². The van der Waals surface area contributed by atoms with E-state index in [0.29, 0.717) is 36.9 Å². The van der Waals surface area contributed by atoms with Crippen LogP contribution in [0.4, 0.5) is 5.69 Å². The van der Waals surface area contributed by atoms with Gasteiger partial charge in [-0.2, -0.15) is 4.98 Å². The maximum atomic E-state index is 11.5. The molecular formula is C14H19ClN4O3. The molecule has 22 heavy (non-hydrogen) atoms. The van der Waals surface area contributed by atoms with Crippen molar-refractivity contribution in [1.29, 1.82) is 0 Å². The van der Waals surface area contributed by atoms with Gasteiger partial charge >= 0.3 is 0 Å². The number of aromatic nitrogens is 2. The predicted octanol–water partition coefficient (Wildman–Crippen LogP) is 2.06. The number of anilines is 1. The van der Waals surface area contributed by atoms with Gasteiger partial charge in [-0.25, -0.2) is 0 Å². The Bertz CT molecular complexity index is 586. The number of aryl methyl sites for hydroxylation is 1. The van der Waals surface area contributed by atoms with Crippen molar-refractivity contribution in [3.05, 3.63) is 36.0 Å². The molecule has 8 heteroatoms. The van der Waals surface area contributed by atoms with Gasteiger partial charge in [0.1, 0.15) is 5.75 Å². The quantitative estimate of drug-likeness (QED) is 0.807. The van der Waals surface area contributed by atoms with Crippen LogP contribution in [0.15, 0.2) is 28.8 Å². The Balaban J connectivity index is 0.00000242. The molecular weight excluding hydrogens is 308 g/mol. The van der Waals surface area contributed by atoms with Gasteiger partial charge in [-0.15, -0.1) is 12.4 Å². The van der Waals surface area contributed by atoms with Gasteiger partial charge in [0.2, 0.25) is 5.91 Å². The van der Waals surface area contributed by atoms with Gasteiger partial charge in [0.15, 0.2) is 12.4 Å². The van der Waals surface area contributed by atoms with E-state index in [1.54, 1.807) is 31.2 Å². The lowest BCUT2D eigenvalue weighted by atomic mass is 10.2. The number of carbonyl (C=O) groups excluding carboxylic acids is 1. The summed E-state index contributed by atoms with van der Waals surface area (Å²) in [7, 11) is 0. The zero-order chi connectivity index (χ0) is 15.1. The van der Waals surface area contributed by atoms with Crippen molar-refractivity contribution in [1.82, 2.24) is 10.1 Å². The maximum Gasteiger partial charge on any atom is 0.264 e. The van der Waals surface area contributed by atoms with E-state index in [4.69, 9.17) is 15.0 Å². The van der Waals surface area contributed by atoms with Crippen molar-refractivity contribution in [3.8, 4) is 5.75 Å². The normalized spacial score (nSPS) is 9.91. The number of hydrogen-bond acceptors (Lipinski definition) is 6. The average Bonchev–Trinajstić information content (AvgIpc) is 2.90. The van der Waals surface area contributed by atoms with Crippen molar-refractivity contribution in [2.75, 3.05) is 11.9 Å². The Morgan fingerprint density at radius 1 is 1.36 bits per heavy atom. The summed E-state index contributed by atoms with van der Waals surface area (Å²) in [5.41, 5.74) is 6.08. The molecule has 120 valence electrons. The second-order valence-corrected chi connectivity index (χ2v) is 4.49. The van der Waals surface area contributed by atoms with E-state index in [2.05, 4.69) is 15.5 Å². The third-order valence-electron chi connectivity index (χ3n) is 2.68. The third kappa shape index (κ3) is 5.71. The van der Waals surface area contributed by atoms with E-state index in [9.17, 15) is 4.79 Å². The van der Waals surface area contributed by atoms with Crippen molar-refractivity contribution in [2.24, 2.45) is 5.73 Å². The summed E-state index contributed by atoms with van der Waals surface area (Å²) in [6, 6.07) is 7.08. The maximum absolute atomic E-state index is 11.5. The van der Waals surface area contributed by atoms with Crippen molar-refractivity contribution in [3.63, 3.8) is 0 Å². The second-order valence-electron chi connectivity index (χ2n) is 4.49. The van der Waals surface area contributed by atoms with Gasteiger partial charge in [-0.05, 0) is 44.2 Å². The SMILES string of the molecule is Cc1noc(COc2ccc(NC(=O)CCCN)cc2)n1.Cl. The number of amides is 1.